The van der Waals surface area contributed by atoms with Crippen molar-refractivity contribution in [2.75, 3.05) is 27.9 Å². The number of hydrogen-bond donors (Lipinski definition) is 1. The summed E-state index contributed by atoms with van der Waals surface area (Å²) in [7, 11) is 4.85. The molecule has 5 nitrogen and oxygen atoms in total. The Hall–Kier alpha value is -2.48. The van der Waals surface area contributed by atoms with E-state index in [0.29, 0.717) is 34.4 Å². The Morgan fingerprint density at radius 1 is 0.848 bits per heavy atom. The molecule has 0 spiro atoms. The fourth-order valence-corrected chi connectivity index (χ4v) is 3.96. The van der Waals surface area contributed by atoms with Gasteiger partial charge in [0.15, 0.2) is 23.0 Å². The van der Waals surface area contributed by atoms with Crippen LogP contribution in [0.15, 0.2) is 53.0 Å². The predicted molar refractivity (Wildman–Crippen MR) is 131 cm³/mol. The third-order valence-electron chi connectivity index (χ3n) is 5.08. The molecule has 3 aromatic carbocycles. The first kappa shape index (κ1) is 25.1. The first-order valence-corrected chi connectivity index (χ1v) is 11.5. The average molecular weight is 539 g/mol. The van der Waals surface area contributed by atoms with Gasteiger partial charge < -0.3 is 24.3 Å². The molecular weight excluding hydrogens is 513 g/mol. The Bertz CT molecular complexity index is 1100. The SMILES string of the molecule is COc1ccc(CCNCc2cc(OC)c(OCc3ccc(F)cc3Cl)cc2Br)cc1OC. The molecule has 3 aromatic rings. The lowest BCUT2D eigenvalue weighted by atomic mass is 10.1. The maximum Gasteiger partial charge on any atom is 0.162 e. The molecule has 176 valence electrons. The second-order valence-electron chi connectivity index (χ2n) is 7.23. The smallest absolute Gasteiger partial charge is 0.162 e. The lowest BCUT2D eigenvalue weighted by molar-refractivity contribution is 0.284. The molecule has 0 aromatic heterocycles. The molecule has 0 aliphatic heterocycles. The van der Waals surface area contributed by atoms with Crippen molar-refractivity contribution in [3.05, 3.63) is 80.5 Å². The van der Waals surface area contributed by atoms with Crippen LogP contribution in [0, 0.1) is 5.82 Å². The molecule has 1 N–H and O–H groups in total. The molecule has 33 heavy (non-hydrogen) atoms. The number of rotatable bonds is 11. The van der Waals surface area contributed by atoms with Gasteiger partial charge in [-0.3, -0.25) is 0 Å². The Balaban J connectivity index is 1.59. The molecule has 3 rings (SSSR count). The Kier molecular flexibility index (Phi) is 9.23. The summed E-state index contributed by atoms with van der Waals surface area (Å²) < 4.78 is 36.2. The predicted octanol–water partition coefficient (Wildman–Crippen LogP) is 6.18. The zero-order valence-electron chi connectivity index (χ0n) is 18.7. The lowest BCUT2D eigenvalue weighted by Gasteiger charge is -2.15. The second-order valence-corrected chi connectivity index (χ2v) is 8.50. The quantitative estimate of drug-likeness (QED) is 0.296. The van der Waals surface area contributed by atoms with Gasteiger partial charge in [-0.1, -0.05) is 39.7 Å². The van der Waals surface area contributed by atoms with Gasteiger partial charge in [0.2, 0.25) is 0 Å². The highest BCUT2D eigenvalue weighted by atomic mass is 79.9. The van der Waals surface area contributed by atoms with Crippen LogP contribution in [-0.4, -0.2) is 27.9 Å². The average Bonchev–Trinajstić information content (AvgIpc) is 2.82. The first-order chi connectivity index (χ1) is 15.9. The second kappa shape index (κ2) is 12.1. The summed E-state index contributed by atoms with van der Waals surface area (Å²) >= 11 is 9.70. The number of halogens is 3. The summed E-state index contributed by atoms with van der Waals surface area (Å²) in [6.45, 7) is 1.63. The van der Waals surface area contributed by atoms with E-state index >= 15 is 0 Å². The fourth-order valence-electron chi connectivity index (χ4n) is 3.27. The van der Waals surface area contributed by atoms with Crippen LogP contribution in [0.3, 0.4) is 0 Å². The molecule has 0 radical (unpaired) electrons. The highest BCUT2D eigenvalue weighted by molar-refractivity contribution is 9.10. The van der Waals surface area contributed by atoms with E-state index in [2.05, 4.69) is 21.2 Å². The van der Waals surface area contributed by atoms with Crippen molar-refractivity contribution >= 4 is 27.5 Å². The molecule has 0 saturated heterocycles. The van der Waals surface area contributed by atoms with Gasteiger partial charge in [-0.05, 0) is 60.5 Å². The van der Waals surface area contributed by atoms with Crippen molar-refractivity contribution in [3.63, 3.8) is 0 Å². The third kappa shape index (κ3) is 6.76. The van der Waals surface area contributed by atoms with Crippen LogP contribution in [0.4, 0.5) is 4.39 Å². The fraction of sp³-hybridized carbons (Fsp3) is 0.280. The van der Waals surface area contributed by atoms with Gasteiger partial charge in [0, 0.05) is 16.6 Å². The molecule has 0 unspecified atom stereocenters. The molecule has 0 saturated carbocycles. The van der Waals surface area contributed by atoms with Crippen LogP contribution in [0.2, 0.25) is 5.02 Å². The topological polar surface area (TPSA) is 49.0 Å². The zero-order valence-corrected chi connectivity index (χ0v) is 21.1. The van der Waals surface area contributed by atoms with Crippen LogP contribution in [0.1, 0.15) is 16.7 Å². The van der Waals surface area contributed by atoms with Crippen LogP contribution in [0.5, 0.6) is 23.0 Å². The Labute approximate surface area is 206 Å². The van der Waals surface area contributed by atoms with Gasteiger partial charge in [0.25, 0.3) is 0 Å². The van der Waals surface area contributed by atoms with Crippen molar-refractivity contribution < 1.29 is 23.3 Å². The Morgan fingerprint density at radius 2 is 1.58 bits per heavy atom. The van der Waals surface area contributed by atoms with Gasteiger partial charge in [-0.2, -0.15) is 0 Å². The Morgan fingerprint density at radius 3 is 2.27 bits per heavy atom. The number of hydrogen-bond acceptors (Lipinski definition) is 5. The van der Waals surface area contributed by atoms with Gasteiger partial charge in [-0.25, -0.2) is 4.39 Å². The molecule has 0 heterocycles. The molecule has 0 atom stereocenters. The van der Waals surface area contributed by atoms with E-state index in [1.807, 2.05) is 30.3 Å². The zero-order chi connectivity index (χ0) is 23.8. The van der Waals surface area contributed by atoms with Gasteiger partial charge in [0.1, 0.15) is 12.4 Å². The van der Waals surface area contributed by atoms with E-state index in [1.54, 1.807) is 27.4 Å². The molecule has 8 heteroatoms. The highest BCUT2D eigenvalue weighted by Gasteiger charge is 2.12. The maximum atomic E-state index is 13.2. The minimum Gasteiger partial charge on any atom is -0.493 e. The van der Waals surface area contributed by atoms with E-state index in [4.69, 9.17) is 30.5 Å². The minimum atomic E-state index is -0.382. The summed E-state index contributed by atoms with van der Waals surface area (Å²) in [5.74, 6) is 2.23. The van der Waals surface area contributed by atoms with Crippen molar-refractivity contribution in [1.82, 2.24) is 5.32 Å². The number of nitrogens with one attached hydrogen (secondary N) is 1. The summed E-state index contributed by atoms with van der Waals surface area (Å²) in [5, 5.41) is 3.77. The summed E-state index contributed by atoms with van der Waals surface area (Å²) in [6, 6.07) is 13.9. The van der Waals surface area contributed by atoms with E-state index in [9.17, 15) is 4.39 Å². The van der Waals surface area contributed by atoms with E-state index in [1.165, 1.54) is 12.1 Å². The molecule has 0 aliphatic carbocycles. The number of ether oxygens (including phenoxy) is 4. The summed E-state index contributed by atoms with van der Waals surface area (Å²) in [6.07, 6.45) is 0.842. The van der Waals surface area contributed by atoms with Crippen molar-refractivity contribution in [1.29, 1.82) is 0 Å². The monoisotopic (exact) mass is 537 g/mol. The molecule has 0 fully saturated rings. The van der Waals surface area contributed by atoms with Gasteiger partial charge >= 0.3 is 0 Å². The molecule has 0 aliphatic rings. The van der Waals surface area contributed by atoms with E-state index < -0.39 is 0 Å². The van der Waals surface area contributed by atoms with E-state index in [0.717, 1.165) is 34.3 Å². The van der Waals surface area contributed by atoms with Gasteiger partial charge in [-0.15, -0.1) is 0 Å². The largest absolute Gasteiger partial charge is 0.493 e. The molecule has 0 bridgehead atoms. The van der Waals surface area contributed by atoms with Crippen LogP contribution < -0.4 is 24.3 Å². The third-order valence-corrected chi connectivity index (χ3v) is 6.17. The lowest BCUT2D eigenvalue weighted by Crippen LogP contribution is -2.17. The van der Waals surface area contributed by atoms with Crippen molar-refractivity contribution in [2.45, 2.75) is 19.6 Å². The van der Waals surface area contributed by atoms with Crippen LogP contribution in [0.25, 0.3) is 0 Å². The summed E-state index contributed by atoms with van der Waals surface area (Å²) in [4.78, 5) is 0. The molecule has 0 amide bonds. The van der Waals surface area contributed by atoms with Crippen molar-refractivity contribution in [2.24, 2.45) is 0 Å². The van der Waals surface area contributed by atoms with Gasteiger partial charge in [0.05, 0.1) is 26.4 Å². The minimum absolute atomic E-state index is 0.199. The highest BCUT2D eigenvalue weighted by Crippen LogP contribution is 2.34. The normalized spacial score (nSPS) is 10.7. The van der Waals surface area contributed by atoms with Crippen LogP contribution in [-0.2, 0) is 19.6 Å². The van der Waals surface area contributed by atoms with Crippen molar-refractivity contribution in [3.8, 4) is 23.0 Å². The summed E-state index contributed by atoms with van der Waals surface area (Å²) in [5.41, 5.74) is 2.88. The first-order valence-electron chi connectivity index (χ1n) is 10.3. The maximum absolute atomic E-state index is 13.2. The van der Waals surface area contributed by atoms with E-state index in [-0.39, 0.29) is 12.4 Å². The number of benzene rings is 3. The van der Waals surface area contributed by atoms with Crippen LogP contribution >= 0.6 is 27.5 Å². The standard InChI is InChI=1S/C25H26BrClFNO4/c1-30-22-7-4-16(10-23(22)31-2)8-9-29-14-18-11-24(32-3)25(13-20(18)26)33-15-17-5-6-19(28)12-21(17)27/h4-7,10-13,29H,8-9,14-15H2,1-3H3. The number of methoxy groups -OCH3 is 3. The molecular formula is C25H26BrClFNO4.